The van der Waals surface area contributed by atoms with E-state index in [1.165, 1.54) is 6.07 Å². The van der Waals surface area contributed by atoms with Crippen LogP contribution < -0.4 is 10.2 Å². The number of aryl methyl sites for hydroxylation is 1. The molecule has 0 radical (unpaired) electrons. The van der Waals surface area contributed by atoms with Crippen molar-refractivity contribution in [3.63, 3.8) is 0 Å². The Labute approximate surface area is 138 Å². The number of rotatable bonds is 2. The Balaban J connectivity index is 1.59. The monoisotopic (exact) mass is 329 g/mol. The molecule has 8 heteroatoms. The molecule has 1 aromatic heterocycles. The molecule has 0 aliphatic carbocycles. The molecule has 1 N–H and O–H groups in total. The molecule has 1 fully saturated rings. The van der Waals surface area contributed by atoms with E-state index >= 15 is 0 Å². The highest BCUT2D eigenvalue weighted by Crippen LogP contribution is 2.22. The van der Waals surface area contributed by atoms with Crippen molar-refractivity contribution >= 4 is 17.6 Å². The maximum atomic E-state index is 14.1. The number of hydrogen-bond donors (Lipinski definition) is 1. The highest BCUT2D eigenvalue weighted by Gasteiger charge is 2.23. The second-order valence-electron chi connectivity index (χ2n) is 5.51. The van der Waals surface area contributed by atoms with Crippen molar-refractivity contribution in [1.82, 2.24) is 10.1 Å². The lowest BCUT2D eigenvalue weighted by atomic mass is 10.2. The first-order chi connectivity index (χ1) is 11.6. The first-order valence-corrected chi connectivity index (χ1v) is 7.50. The van der Waals surface area contributed by atoms with Gasteiger partial charge in [-0.25, -0.2) is 9.18 Å². The van der Waals surface area contributed by atoms with Crippen molar-refractivity contribution in [1.29, 1.82) is 5.26 Å². The number of halogens is 1. The Morgan fingerprint density at radius 1 is 1.33 bits per heavy atom. The normalized spacial score (nSPS) is 14.4. The van der Waals surface area contributed by atoms with Gasteiger partial charge in [0.1, 0.15) is 5.82 Å². The lowest BCUT2D eigenvalue weighted by molar-refractivity contribution is 0.207. The molecule has 2 aromatic rings. The van der Waals surface area contributed by atoms with E-state index in [0.717, 1.165) is 0 Å². The van der Waals surface area contributed by atoms with Gasteiger partial charge in [0, 0.05) is 32.2 Å². The Hall–Kier alpha value is -3.08. The minimum absolute atomic E-state index is 0.272. The van der Waals surface area contributed by atoms with Crippen LogP contribution >= 0.6 is 0 Å². The van der Waals surface area contributed by atoms with Gasteiger partial charge in [-0.2, -0.15) is 5.26 Å². The molecule has 3 rings (SSSR count). The minimum atomic E-state index is -0.427. The van der Waals surface area contributed by atoms with E-state index in [2.05, 4.69) is 10.5 Å². The average molecular weight is 329 g/mol. The van der Waals surface area contributed by atoms with Crippen LogP contribution in [0, 0.1) is 24.1 Å². The third-order valence-electron chi connectivity index (χ3n) is 3.84. The average Bonchev–Trinajstić information content (AvgIpc) is 2.99. The van der Waals surface area contributed by atoms with Gasteiger partial charge in [0.2, 0.25) is 5.88 Å². The van der Waals surface area contributed by atoms with E-state index < -0.39 is 5.82 Å². The minimum Gasteiger partial charge on any atom is -0.366 e. The fourth-order valence-corrected chi connectivity index (χ4v) is 2.59. The van der Waals surface area contributed by atoms with Gasteiger partial charge in [0.15, 0.2) is 0 Å². The van der Waals surface area contributed by atoms with E-state index in [4.69, 9.17) is 9.78 Å². The van der Waals surface area contributed by atoms with E-state index in [0.29, 0.717) is 43.4 Å². The molecule has 1 saturated heterocycles. The van der Waals surface area contributed by atoms with Crippen LogP contribution in [0.1, 0.15) is 11.3 Å². The summed E-state index contributed by atoms with van der Waals surface area (Å²) in [5.41, 5.74) is 1.42. The van der Waals surface area contributed by atoms with Crippen LogP contribution in [0.4, 0.5) is 20.8 Å². The smallest absolute Gasteiger partial charge is 0.324 e. The Bertz CT molecular complexity index is 790. The fraction of sp³-hybridized carbons (Fsp3) is 0.312. The number of aromatic nitrogens is 1. The zero-order chi connectivity index (χ0) is 17.1. The highest BCUT2D eigenvalue weighted by atomic mass is 19.1. The molecule has 0 unspecified atom stereocenters. The molecule has 0 spiro atoms. The number of urea groups is 1. The molecule has 24 heavy (non-hydrogen) atoms. The van der Waals surface area contributed by atoms with Crippen LogP contribution in [0.5, 0.6) is 0 Å². The van der Waals surface area contributed by atoms with Crippen molar-refractivity contribution < 1.29 is 13.7 Å². The first-order valence-electron chi connectivity index (χ1n) is 7.50. The van der Waals surface area contributed by atoms with Gasteiger partial charge in [-0.1, -0.05) is 5.16 Å². The summed E-state index contributed by atoms with van der Waals surface area (Å²) in [5, 5.41) is 15.1. The van der Waals surface area contributed by atoms with Crippen LogP contribution in [0.3, 0.4) is 0 Å². The lowest BCUT2D eigenvalue weighted by Crippen LogP contribution is -2.50. The van der Waals surface area contributed by atoms with Gasteiger partial charge in [-0.05, 0) is 25.1 Å². The second kappa shape index (κ2) is 6.58. The van der Waals surface area contributed by atoms with Crippen LogP contribution in [-0.2, 0) is 0 Å². The summed E-state index contributed by atoms with van der Waals surface area (Å²) in [7, 11) is 0. The number of nitriles is 1. The topological polar surface area (TPSA) is 85.4 Å². The number of piperazine rings is 1. The number of nitrogens with zero attached hydrogens (tertiary/aromatic N) is 4. The van der Waals surface area contributed by atoms with Gasteiger partial charge in [0.25, 0.3) is 0 Å². The van der Waals surface area contributed by atoms with Crippen molar-refractivity contribution in [2.45, 2.75) is 6.92 Å². The van der Waals surface area contributed by atoms with E-state index in [1.54, 1.807) is 30.0 Å². The summed E-state index contributed by atoms with van der Waals surface area (Å²) in [4.78, 5) is 15.7. The number of anilines is 2. The summed E-state index contributed by atoms with van der Waals surface area (Å²) < 4.78 is 19.0. The summed E-state index contributed by atoms with van der Waals surface area (Å²) in [6, 6.07) is 7.69. The summed E-state index contributed by atoms with van der Waals surface area (Å²) in [6.07, 6.45) is 0. The quantitative estimate of drug-likeness (QED) is 0.914. The molecule has 0 saturated carbocycles. The van der Waals surface area contributed by atoms with Crippen molar-refractivity contribution in [2.75, 3.05) is 36.4 Å². The predicted octanol–water partition coefficient (Wildman–Crippen LogP) is 2.35. The highest BCUT2D eigenvalue weighted by molar-refractivity contribution is 5.88. The number of hydrogen-bond acceptors (Lipinski definition) is 5. The van der Waals surface area contributed by atoms with Crippen LogP contribution in [0.15, 0.2) is 28.8 Å². The largest absolute Gasteiger partial charge is 0.366 e. The van der Waals surface area contributed by atoms with Crippen molar-refractivity contribution in [3.8, 4) is 6.07 Å². The zero-order valence-corrected chi connectivity index (χ0v) is 13.1. The van der Waals surface area contributed by atoms with Gasteiger partial charge in [-0.3, -0.25) is 5.32 Å². The second-order valence-corrected chi connectivity index (χ2v) is 5.51. The predicted molar refractivity (Wildman–Crippen MR) is 85.2 cm³/mol. The SMILES string of the molecule is Cc1cc(NC(=O)N2CCN(c3ccc(C#N)cc3F)CC2)on1. The molecule has 0 atom stereocenters. The molecule has 124 valence electrons. The number of nitrogens with one attached hydrogen (secondary N) is 1. The van der Waals surface area contributed by atoms with Crippen molar-refractivity contribution in [2.24, 2.45) is 0 Å². The molecule has 2 heterocycles. The van der Waals surface area contributed by atoms with Gasteiger partial charge in [-0.15, -0.1) is 0 Å². The van der Waals surface area contributed by atoms with Crippen LogP contribution in [0.2, 0.25) is 0 Å². The number of amides is 2. The number of benzene rings is 1. The fourth-order valence-electron chi connectivity index (χ4n) is 2.59. The summed E-state index contributed by atoms with van der Waals surface area (Å²) in [6.45, 7) is 3.69. The third-order valence-corrected chi connectivity index (χ3v) is 3.84. The molecular weight excluding hydrogens is 313 g/mol. The summed E-state index contributed by atoms with van der Waals surface area (Å²) in [5.74, 6) is -0.123. The molecule has 1 aliphatic heterocycles. The van der Waals surface area contributed by atoms with Crippen LogP contribution in [-0.4, -0.2) is 42.3 Å². The molecule has 0 bridgehead atoms. The Kier molecular flexibility index (Phi) is 4.33. The Morgan fingerprint density at radius 2 is 2.08 bits per heavy atom. The van der Waals surface area contributed by atoms with Gasteiger partial charge < -0.3 is 14.3 Å². The van der Waals surface area contributed by atoms with E-state index in [-0.39, 0.29) is 11.6 Å². The molecule has 7 nitrogen and oxygen atoms in total. The standard InChI is InChI=1S/C16H16FN5O2/c1-11-8-15(24-20-11)19-16(23)22-6-4-21(5-7-22)14-3-2-12(10-18)9-13(14)17/h2-3,8-9H,4-7H2,1H3,(H,19,23). The Morgan fingerprint density at radius 3 is 2.67 bits per heavy atom. The van der Waals surface area contributed by atoms with Crippen molar-refractivity contribution in [3.05, 3.63) is 41.3 Å². The van der Waals surface area contributed by atoms with E-state index in [1.807, 2.05) is 11.0 Å². The maximum absolute atomic E-state index is 14.1. The van der Waals surface area contributed by atoms with Gasteiger partial charge in [0.05, 0.1) is 23.0 Å². The number of carbonyl (C=O) groups excluding carboxylic acids is 1. The van der Waals surface area contributed by atoms with E-state index in [9.17, 15) is 9.18 Å². The molecule has 1 aromatic carbocycles. The zero-order valence-electron chi connectivity index (χ0n) is 13.1. The molecule has 1 aliphatic rings. The third kappa shape index (κ3) is 3.30. The lowest BCUT2D eigenvalue weighted by Gasteiger charge is -2.35. The molecular formula is C16H16FN5O2. The van der Waals surface area contributed by atoms with Gasteiger partial charge >= 0.3 is 6.03 Å². The number of carbonyl (C=O) groups is 1. The van der Waals surface area contributed by atoms with Crippen LogP contribution in [0.25, 0.3) is 0 Å². The summed E-state index contributed by atoms with van der Waals surface area (Å²) >= 11 is 0. The first kappa shape index (κ1) is 15.8. The maximum Gasteiger partial charge on any atom is 0.324 e. The molecule has 2 amide bonds.